The van der Waals surface area contributed by atoms with Crippen molar-refractivity contribution in [3.05, 3.63) is 0 Å². The van der Waals surface area contributed by atoms with Crippen LogP contribution in [-0.2, 0) is 4.74 Å². The Morgan fingerprint density at radius 2 is 1.88 bits per heavy atom. The van der Waals surface area contributed by atoms with E-state index < -0.39 is 30.7 Å². The van der Waals surface area contributed by atoms with Gasteiger partial charge in [0, 0.05) is 13.2 Å². The lowest BCUT2D eigenvalue weighted by molar-refractivity contribution is -0.245. The second-order valence-corrected chi connectivity index (χ2v) is 4.23. The van der Waals surface area contributed by atoms with Gasteiger partial charge in [0.25, 0.3) is 0 Å². The highest BCUT2D eigenvalue weighted by Crippen LogP contribution is 2.28. The van der Waals surface area contributed by atoms with Gasteiger partial charge >= 0.3 is 0 Å². The van der Waals surface area contributed by atoms with E-state index >= 15 is 0 Å². The Labute approximate surface area is 99.7 Å². The first-order valence-corrected chi connectivity index (χ1v) is 5.74. The molecule has 17 heavy (non-hydrogen) atoms. The molecule has 1 rings (SSSR count). The number of aliphatic hydroxyl groups is 5. The molecular weight excluding hydrogens is 230 g/mol. The van der Waals surface area contributed by atoms with Crippen molar-refractivity contribution in [3.63, 3.8) is 0 Å². The van der Waals surface area contributed by atoms with Crippen molar-refractivity contribution in [2.45, 2.75) is 36.9 Å². The molecule has 0 aromatic rings. The molecule has 1 saturated heterocycles. The lowest BCUT2D eigenvalue weighted by atomic mass is 10.1. The largest absolute Gasteiger partial charge is 0.396 e. The molecule has 1 heterocycles. The Bertz CT molecular complexity index is 229. The predicted octanol–water partition coefficient (Wildman–Crippen LogP) is -2.85. The zero-order chi connectivity index (χ0) is 12.9. The molecule has 1 aliphatic rings. The Morgan fingerprint density at radius 1 is 1.18 bits per heavy atom. The summed E-state index contributed by atoms with van der Waals surface area (Å²) in [6, 6.07) is 0. The fourth-order valence-corrected chi connectivity index (χ4v) is 1.77. The van der Waals surface area contributed by atoms with Gasteiger partial charge < -0.3 is 35.6 Å². The summed E-state index contributed by atoms with van der Waals surface area (Å²) in [7, 11) is 0. The Hall–Kier alpha value is -0.280. The standard InChI is InChI=1S/C10H21NO6/c12-4-2-1-3-11-5-7-8(14)9(15)10(16,6-13)17-7/h7-9,11-16H,1-6H2/t7-,8+,9-,10+/m0/s1. The van der Waals surface area contributed by atoms with Gasteiger partial charge in [-0.15, -0.1) is 0 Å². The average molecular weight is 251 g/mol. The molecule has 0 aromatic carbocycles. The van der Waals surface area contributed by atoms with Crippen molar-refractivity contribution >= 4 is 0 Å². The van der Waals surface area contributed by atoms with Crippen LogP contribution >= 0.6 is 0 Å². The zero-order valence-corrected chi connectivity index (χ0v) is 9.62. The molecule has 102 valence electrons. The van der Waals surface area contributed by atoms with Crippen molar-refractivity contribution in [2.24, 2.45) is 0 Å². The van der Waals surface area contributed by atoms with E-state index in [1.807, 2.05) is 0 Å². The first kappa shape index (κ1) is 14.8. The van der Waals surface area contributed by atoms with E-state index in [1.54, 1.807) is 0 Å². The molecule has 0 aliphatic carbocycles. The molecule has 0 unspecified atom stereocenters. The van der Waals surface area contributed by atoms with Crippen molar-refractivity contribution in [2.75, 3.05) is 26.3 Å². The maximum atomic E-state index is 9.61. The monoisotopic (exact) mass is 251 g/mol. The number of hydrogen-bond donors (Lipinski definition) is 6. The lowest BCUT2D eigenvalue weighted by Gasteiger charge is -2.22. The summed E-state index contributed by atoms with van der Waals surface area (Å²) < 4.78 is 5.02. The van der Waals surface area contributed by atoms with E-state index in [1.165, 1.54) is 0 Å². The molecule has 7 heteroatoms. The van der Waals surface area contributed by atoms with Crippen molar-refractivity contribution in [1.29, 1.82) is 0 Å². The molecule has 1 fully saturated rings. The van der Waals surface area contributed by atoms with Gasteiger partial charge in [-0.05, 0) is 19.4 Å². The van der Waals surface area contributed by atoms with Crippen LogP contribution in [0.2, 0.25) is 0 Å². The topological polar surface area (TPSA) is 122 Å². The summed E-state index contributed by atoms with van der Waals surface area (Å²) in [5, 5.41) is 49.1. The first-order chi connectivity index (χ1) is 8.05. The Kier molecular flexibility index (Phi) is 5.74. The number of nitrogens with one attached hydrogen (secondary N) is 1. The van der Waals surface area contributed by atoms with E-state index in [-0.39, 0.29) is 13.2 Å². The summed E-state index contributed by atoms with van der Waals surface area (Å²) in [5.41, 5.74) is 0. The van der Waals surface area contributed by atoms with Gasteiger partial charge in [0.1, 0.15) is 18.3 Å². The quantitative estimate of drug-likeness (QED) is 0.269. The van der Waals surface area contributed by atoms with Crippen LogP contribution in [0.3, 0.4) is 0 Å². The molecule has 0 spiro atoms. The number of rotatable bonds is 7. The molecule has 0 amide bonds. The second kappa shape index (κ2) is 6.60. The van der Waals surface area contributed by atoms with Gasteiger partial charge in [-0.3, -0.25) is 0 Å². The third-order valence-corrected chi connectivity index (χ3v) is 2.86. The molecule has 6 N–H and O–H groups in total. The highest BCUT2D eigenvalue weighted by Gasteiger charge is 2.52. The maximum absolute atomic E-state index is 9.61. The number of aliphatic hydroxyl groups excluding tert-OH is 4. The van der Waals surface area contributed by atoms with Crippen molar-refractivity contribution in [3.8, 4) is 0 Å². The van der Waals surface area contributed by atoms with Gasteiger partial charge in [0.05, 0.1) is 6.61 Å². The Balaban J connectivity index is 2.30. The van der Waals surface area contributed by atoms with Crippen LogP contribution in [-0.4, -0.2) is 75.9 Å². The van der Waals surface area contributed by atoms with Crippen LogP contribution in [0, 0.1) is 0 Å². The molecule has 0 saturated carbocycles. The summed E-state index contributed by atoms with van der Waals surface area (Å²) in [4.78, 5) is 0. The minimum atomic E-state index is -2.09. The third kappa shape index (κ3) is 3.59. The van der Waals surface area contributed by atoms with E-state index in [0.717, 1.165) is 6.42 Å². The average Bonchev–Trinajstić information content (AvgIpc) is 2.55. The predicted molar refractivity (Wildman–Crippen MR) is 58.1 cm³/mol. The first-order valence-electron chi connectivity index (χ1n) is 5.74. The molecule has 7 nitrogen and oxygen atoms in total. The molecular formula is C10H21NO6. The molecule has 0 bridgehead atoms. The summed E-state index contributed by atoms with van der Waals surface area (Å²) in [5.74, 6) is -2.09. The van der Waals surface area contributed by atoms with Gasteiger partial charge in [-0.1, -0.05) is 0 Å². The maximum Gasteiger partial charge on any atom is 0.219 e. The third-order valence-electron chi connectivity index (χ3n) is 2.86. The van der Waals surface area contributed by atoms with E-state index in [0.29, 0.717) is 13.0 Å². The van der Waals surface area contributed by atoms with E-state index in [2.05, 4.69) is 5.32 Å². The van der Waals surface area contributed by atoms with Crippen LogP contribution in [0.25, 0.3) is 0 Å². The van der Waals surface area contributed by atoms with E-state index in [9.17, 15) is 15.3 Å². The van der Waals surface area contributed by atoms with Crippen LogP contribution < -0.4 is 5.32 Å². The van der Waals surface area contributed by atoms with E-state index in [4.69, 9.17) is 14.9 Å². The molecule has 1 aliphatic heterocycles. The second-order valence-electron chi connectivity index (χ2n) is 4.23. The number of unbranched alkanes of at least 4 members (excludes halogenated alkanes) is 1. The fourth-order valence-electron chi connectivity index (χ4n) is 1.77. The van der Waals surface area contributed by atoms with Gasteiger partial charge in [0.2, 0.25) is 5.79 Å². The van der Waals surface area contributed by atoms with Crippen molar-refractivity contribution < 1.29 is 30.3 Å². The molecule has 4 atom stereocenters. The number of ether oxygens (including phenoxy) is 1. The van der Waals surface area contributed by atoms with Crippen molar-refractivity contribution in [1.82, 2.24) is 5.32 Å². The smallest absolute Gasteiger partial charge is 0.219 e. The fraction of sp³-hybridized carbons (Fsp3) is 1.00. The SMILES string of the molecule is OCCCCNC[C@@H]1O[C@](O)(CO)[C@@H](O)[C@@H]1O. The van der Waals surface area contributed by atoms with Crippen LogP contribution in [0.1, 0.15) is 12.8 Å². The highest BCUT2D eigenvalue weighted by molar-refractivity contribution is 4.95. The molecule has 0 aromatic heterocycles. The van der Waals surface area contributed by atoms with Crippen LogP contribution in [0.15, 0.2) is 0 Å². The van der Waals surface area contributed by atoms with Crippen LogP contribution in [0.4, 0.5) is 0 Å². The minimum Gasteiger partial charge on any atom is -0.396 e. The number of hydrogen-bond acceptors (Lipinski definition) is 7. The van der Waals surface area contributed by atoms with Gasteiger partial charge in [-0.25, -0.2) is 0 Å². The Morgan fingerprint density at radius 3 is 2.41 bits per heavy atom. The summed E-state index contributed by atoms with van der Waals surface area (Å²) in [6.07, 6.45) is -2.05. The van der Waals surface area contributed by atoms with Gasteiger partial charge in [-0.2, -0.15) is 0 Å². The van der Waals surface area contributed by atoms with Crippen LogP contribution in [0.5, 0.6) is 0 Å². The lowest BCUT2D eigenvalue weighted by Crippen LogP contribution is -2.46. The van der Waals surface area contributed by atoms with Gasteiger partial charge in [0.15, 0.2) is 0 Å². The highest BCUT2D eigenvalue weighted by atomic mass is 16.7. The zero-order valence-electron chi connectivity index (χ0n) is 9.62. The normalized spacial score (nSPS) is 37.6. The summed E-state index contributed by atoms with van der Waals surface area (Å²) >= 11 is 0. The minimum absolute atomic E-state index is 0.132. The molecule has 0 radical (unpaired) electrons. The summed E-state index contributed by atoms with van der Waals surface area (Å²) in [6.45, 7) is 0.256.